The van der Waals surface area contributed by atoms with Gasteiger partial charge in [0.05, 0.1) is 14.2 Å². The maximum atomic E-state index is 12.3. The third kappa shape index (κ3) is 6.59. The molecule has 0 bridgehead atoms. The maximum Gasteiger partial charge on any atom is 0.248 e. The highest BCUT2D eigenvalue weighted by Crippen LogP contribution is 2.25. The first-order chi connectivity index (χ1) is 15.5. The fourth-order valence-electron chi connectivity index (χ4n) is 3.79. The van der Waals surface area contributed by atoms with E-state index in [9.17, 15) is 9.59 Å². The molecule has 3 rings (SSSR count). The number of nitrogens with zero attached hydrogens (tertiary/aromatic N) is 1. The van der Waals surface area contributed by atoms with Crippen molar-refractivity contribution < 1.29 is 19.1 Å². The second-order valence-electron chi connectivity index (χ2n) is 7.90. The number of carbonyl (C=O) groups excluding carboxylic acids is 2. The molecule has 1 aliphatic rings. The summed E-state index contributed by atoms with van der Waals surface area (Å²) >= 11 is 0. The van der Waals surface area contributed by atoms with Crippen LogP contribution in [0.1, 0.15) is 24.0 Å². The lowest BCUT2D eigenvalue weighted by Crippen LogP contribution is -2.39. The molecule has 0 unspecified atom stereocenters. The molecule has 0 spiro atoms. The number of carbonyl (C=O) groups is 2. The van der Waals surface area contributed by atoms with Gasteiger partial charge in [0.2, 0.25) is 11.8 Å². The molecule has 2 amide bonds. The van der Waals surface area contributed by atoms with Gasteiger partial charge in [-0.05, 0) is 68.3 Å². The molecule has 170 valence electrons. The van der Waals surface area contributed by atoms with Gasteiger partial charge in [-0.3, -0.25) is 9.59 Å². The molecule has 1 fully saturated rings. The SMILES string of the molecule is COc1ccc(/C=C/C(=O)Nc2ccc(CCN3CCC(C(N)=O)CC3)cc2)c(OC)c1. The van der Waals surface area contributed by atoms with Crippen LogP contribution < -0.4 is 20.5 Å². The van der Waals surface area contributed by atoms with Gasteiger partial charge in [-0.25, -0.2) is 0 Å². The molecule has 3 N–H and O–H groups in total. The summed E-state index contributed by atoms with van der Waals surface area (Å²) < 4.78 is 10.5. The van der Waals surface area contributed by atoms with Crippen LogP contribution in [0.25, 0.3) is 6.08 Å². The zero-order valence-corrected chi connectivity index (χ0v) is 18.7. The fraction of sp³-hybridized carbons (Fsp3) is 0.360. The van der Waals surface area contributed by atoms with Crippen LogP contribution in [0, 0.1) is 5.92 Å². The number of amides is 2. The van der Waals surface area contributed by atoms with Crippen molar-refractivity contribution in [3.63, 3.8) is 0 Å². The van der Waals surface area contributed by atoms with Crippen molar-refractivity contribution in [1.29, 1.82) is 0 Å². The van der Waals surface area contributed by atoms with Gasteiger partial charge in [-0.15, -0.1) is 0 Å². The third-order valence-corrected chi connectivity index (χ3v) is 5.78. The van der Waals surface area contributed by atoms with Crippen LogP contribution in [-0.4, -0.2) is 50.6 Å². The summed E-state index contributed by atoms with van der Waals surface area (Å²) in [5.74, 6) is 0.956. The van der Waals surface area contributed by atoms with Gasteiger partial charge in [0, 0.05) is 35.9 Å². The first-order valence-corrected chi connectivity index (χ1v) is 10.8. The average Bonchev–Trinajstić information content (AvgIpc) is 2.82. The van der Waals surface area contributed by atoms with E-state index >= 15 is 0 Å². The van der Waals surface area contributed by atoms with E-state index in [1.165, 1.54) is 11.6 Å². The molecule has 7 heteroatoms. The molecule has 1 aliphatic heterocycles. The topological polar surface area (TPSA) is 93.9 Å². The number of likely N-dealkylation sites (tertiary alicyclic amines) is 1. The van der Waals surface area contributed by atoms with Crippen LogP contribution in [0.2, 0.25) is 0 Å². The molecule has 32 heavy (non-hydrogen) atoms. The van der Waals surface area contributed by atoms with Crippen LogP contribution >= 0.6 is 0 Å². The van der Waals surface area contributed by atoms with Crippen molar-refractivity contribution in [2.45, 2.75) is 19.3 Å². The standard InChI is InChI=1S/C25H31N3O4/c1-31-22-9-5-19(23(17-22)32-2)6-10-24(29)27-21-7-3-18(4-8-21)11-14-28-15-12-20(13-16-28)25(26)30/h3-10,17,20H,11-16H2,1-2H3,(H2,26,30)(H,27,29)/b10-6+. The van der Waals surface area contributed by atoms with Crippen molar-refractivity contribution in [1.82, 2.24) is 4.90 Å². The number of rotatable bonds is 9. The van der Waals surface area contributed by atoms with Gasteiger partial charge in [-0.1, -0.05) is 12.1 Å². The molecule has 1 saturated heterocycles. The van der Waals surface area contributed by atoms with E-state index < -0.39 is 0 Å². The number of primary amides is 1. The van der Waals surface area contributed by atoms with Gasteiger partial charge in [0.25, 0.3) is 0 Å². The number of hydrogen-bond donors (Lipinski definition) is 2. The lowest BCUT2D eigenvalue weighted by atomic mass is 9.96. The summed E-state index contributed by atoms with van der Waals surface area (Å²) in [5.41, 5.74) is 8.14. The summed E-state index contributed by atoms with van der Waals surface area (Å²) in [6, 6.07) is 13.3. The first-order valence-electron chi connectivity index (χ1n) is 10.8. The number of piperidine rings is 1. The highest BCUT2D eigenvalue weighted by Gasteiger charge is 2.22. The van der Waals surface area contributed by atoms with E-state index in [4.69, 9.17) is 15.2 Å². The highest BCUT2D eigenvalue weighted by molar-refractivity contribution is 6.02. The zero-order chi connectivity index (χ0) is 22.9. The molecule has 2 aromatic rings. The van der Waals surface area contributed by atoms with Crippen molar-refractivity contribution in [2.75, 3.05) is 39.2 Å². The number of nitrogens with two attached hydrogens (primary N) is 1. The maximum absolute atomic E-state index is 12.3. The van der Waals surface area contributed by atoms with Crippen LogP contribution in [-0.2, 0) is 16.0 Å². The Balaban J connectivity index is 1.47. The van der Waals surface area contributed by atoms with Gasteiger partial charge >= 0.3 is 0 Å². The first kappa shape index (κ1) is 23.3. The van der Waals surface area contributed by atoms with E-state index in [-0.39, 0.29) is 17.7 Å². The van der Waals surface area contributed by atoms with Crippen molar-refractivity contribution in [2.24, 2.45) is 11.7 Å². The Morgan fingerprint density at radius 3 is 2.44 bits per heavy atom. The number of anilines is 1. The van der Waals surface area contributed by atoms with Crippen molar-refractivity contribution >= 4 is 23.6 Å². The predicted octanol–water partition coefficient (Wildman–Crippen LogP) is 3.10. The Labute approximate surface area is 189 Å². The van der Waals surface area contributed by atoms with Crippen LogP contribution in [0.15, 0.2) is 48.5 Å². The van der Waals surface area contributed by atoms with Crippen LogP contribution in [0.3, 0.4) is 0 Å². The smallest absolute Gasteiger partial charge is 0.248 e. The van der Waals surface area contributed by atoms with Gasteiger partial charge in [0.15, 0.2) is 0 Å². The summed E-state index contributed by atoms with van der Waals surface area (Å²) in [5, 5.41) is 2.87. The average molecular weight is 438 g/mol. The Bertz CT molecular complexity index is 948. The fourth-order valence-corrected chi connectivity index (χ4v) is 3.79. The molecule has 1 heterocycles. The number of hydrogen-bond acceptors (Lipinski definition) is 5. The van der Waals surface area contributed by atoms with E-state index in [2.05, 4.69) is 10.2 Å². The van der Waals surface area contributed by atoms with Gasteiger partial charge in [0.1, 0.15) is 11.5 Å². The van der Waals surface area contributed by atoms with Gasteiger partial charge < -0.3 is 25.4 Å². The number of benzene rings is 2. The van der Waals surface area contributed by atoms with Crippen LogP contribution in [0.5, 0.6) is 11.5 Å². The predicted molar refractivity (Wildman–Crippen MR) is 126 cm³/mol. The largest absolute Gasteiger partial charge is 0.497 e. The van der Waals surface area contributed by atoms with E-state index in [0.717, 1.165) is 50.1 Å². The Morgan fingerprint density at radius 1 is 1.09 bits per heavy atom. The minimum absolute atomic E-state index is 0.0222. The zero-order valence-electron chi connectivity index (χ0n) is 18.7. The molecule has 0 radical (unpaired) electrons. The Hall–Kier alpha value is -3.32. The summed E-state index contributed by atoms with van der Waals surface area (Å²) in [6.45, 7) is 2.77. The van der Waals surface area contributed by atoms with Crippen LogP contribution in [0.4, 0.5) is 5.69 Å². The second kappa shape index (κ2) is 11.3. The van der Waals surface area contributed by atoms with E-state index in [1.54, 1.807) is 26.4 Å². The number of ether oxygens (including phenoxy) is 2. The molecule has 0 atom stereocenters. The Morgan fingerprint density at radius 2 is 1.81 bits per heavy atom. The quantitative estimate of drug-likeness (QED) is 0.588. The Kier molecular flexibility index (Phi) is 8.27. The number of nitrogens with one attached hydrogen (secondary N) is 1. The molecule has 2 aromatic carbocycles. The lowest BCUT2D eigenvalue weighted by Gasteiger charge is -2.30. The molecule has 7 nitrogen and oxygen atoms in total. The summed E-state index contributed by atoms with van der Waals surface area (Å²) in [7, 11) is 3.17. The summed E-state index contributed by atoms with van der Waals surface area (Å²) in [6.07, 6.45) is 5.80. The molecule has 0 saturated carbocycles. The van der Waals surface area contributed by atoms with Crippen molar-refractivity contribution in [3.8, 4) is 11.5 Å². The van der Waals surface area contributed by atoms with Crippen molar-refractivity contribution in [3.05, 3.63) is 59.7 Å². The molecular formula is C25H31N3O4. The van der Waals surface area contributed by atoms with Gasteiger partial charge in [-0.2, -0.15) is 0 Å². The van der Waals surface area contributed by atoms with E-state index in [0.29, 0.717) is 11.5 Å². The van der Waals surface area contributed by atoms with E-state index in [1.807, 2.05) is 36.4 Å². The highest BCUT2D eigenvalue weighted by atomic mass is 16.5. The molecule has 0 aromatic heterocycles. The third-order valence-electron chi connectivity index (χ3n) is 5.78. The molecular weight excluding hydrogens is 406 g/mol. The summed E-state index contributed by atoms with van der Waals surface area (Å²) in [4.78, 5) is 25.9. The molecule has 0 aliphatic carbocycles. The lowest BCUT2D eigenvalue weighted by molar-refractivity contribution is -0.123. The minimum Gasteiger partial charge on any atom is -0.497 e. The second-order valence-corrected chi connectivity index (χ2v) is 7.90. The monoisotopic (exact) mass is 437 g/mol. The minimum atomic E-state index is -0.215. The normalized spacial score (nSPS) is 14.9. The number of methoxy groups -OCH3 is 2.